The summed E-state index contributed by atoms with van der Waals surface area (Å²) in [4.78, 5) is 7.25. The Hall–Kier alpha value is -5.71. The fourth-order valence-electron chi connectivity index (χ4n) is 7.68. The van der Waals surface area contributed by atoms with Crippen LogP contribution in [0.15, 0.2) is 150 Å². The summed E-state index contributed by atoms with van der Waals surface area (Å²) in [5.41, 5.74) is 11.3. The molecule has 0 N–H and O–H groups in total. The first-order chi connectivity index (χ1) is 23.5. The predicted molar refractivity (Wildman–Crippen MR) is 202 cm³/mol. The molecule has 7 aromatic carbocycles. The van der Waals surface area contributed by atoms with Gasteiger partial charge in [0.1, 0.15) is 5.52 Å². The van der Waals surface area contributed by atoms with Crippen LogP contribution in [0.1, 0.15) is 25.0 Å². The van der Waals surface area contributed by atoms with Crippen molar-refractivity contribution in [1.82, 2.24) is 4.98 Å². The third-order valence-electron chi connectivity index (χ3n) is 10.1. The van der Waals surface area contributed by atoms with Crippen LogP contribution in [0.5, 0.6) is 0 Å². The van der Waals surface area contributed by atoms with Crippen molar-refractivity contribution in [3.63, 3.8) is 0 Å². The summed E-state index contributed by atoms with van der Waals surface area (Å²) >= 11 is 1.85. The lowest BCUT2D eigenvalue weighted by Gasteiger charge is -2.27. The molecule has 0 unspecified atom stereocenters. The van der Waals surface area contributed by atoms with Gasteiger partial charge in [0.25, 0.3) is 0 Å². The average molecular weight is 635 g/mol. The van der Waals surface area contributed by atoms with E-state index in [1.807, 2.05) is 23.5 Å². The molecule has 228 valence electrons. The molecule has 1 aliphatic carbocycles. The van der Waals surface area contributed by atoms with Crippen molar-refractivity contribution < 1.29 is 4.42 Å². The molecule has 1 aliphatic rings. The van der Waals surface area contributed by atoms with E-state index < -0.39 is 0 Å². The summed E-state index contributed by atoms with van der Waals surface area (Å²) in [6, 6.07) is 52.4. The topological polar surface area (TPSA) is 29.3 Å². The number of benzene rings is 7. The molecule has 4 heteroatoms. The van der Waals surface area contributed by atoms with E-state index in [0.717, 1.165) is 44.5 Å². The molecular weight excluding hydrogens is 605 g/mol. The first kappa shape index (κ1) is 27.4. The van der Waals surface area contributed by atoms with Crippen molar-refractivity contribution in [2.45, 2.75) is 19.3 Å². The third kappa shape index (κ3) is 4.03. The Morgan fingerprint density at radius 3 is 2.15 bits per heavy atom. The van der Waals surface area contributed by atoms with E-state index in [1.54, 1.807) is 0 Å². The quantitative estimate of drug-likeness (QED) is 0.193. The zero-order chi connectivity index (χ0) is 32.0. The first-order valence-corrected chi connectivity index (χ1v) is 17.2. The number of thiophene rings is 1. The van der Waals surface area contributed by atoms with Crippen LogP contribution in [0.25, 0.3) is 64.6 Å². The minimum Gasteiger partial charge on any atom is -0.435 e. The largest absolute Gasteiger partial charge is 0.435 e. The maximum atomic E-state index is 6.39. The zero-order valence-corrected chi connectivity index (χ0v) is 27.4. The second-order valence-electron chi connectivity index (χ2n) is 13.2. The second-order valence-corrected chi connectivity index (χ2v) is 14.3. The molecular formula is C44H30N2OS. The molecule has 0 spiro atoms. The maximum Gasteiger partial charge on any atom is 0.227 e. The van der Waals surface area contributed by atoms with Gasteiger partial charge in [-0.05, 0) is 88.3 Å². The van der Waals surface area contributed by atoms with Gasteiger partial charge in [-0.25, -0.2) is 4.98 Å². The molecule has 2 heterocycles. The number of rotatable bonds is 4. The van der Waals surface area contributed by atoms with E-state index in [1.165, 1.54) is 42.4 Å². The smallest absolute Gasteiger partial charge is 0.227 e. The predicted octanol–water partition coefficient (Wildman–Crippen LogP) is 12.8. The monoisotopic (exact) mass is 634 g/mol. The molecule has 0 atom stereocenters. The normalized spacial score (nSPS) is 13.4. The van der Waals surface area contributed by atoms with Crippen molar-refractivity contribution in [3.05, 3.63) is 157 Å². The summed E-state index contributed by atoms with van der Waals surface area (Å²) in [6.45, 7) is 4.66. The van der Waals surface area contributed by atoms with Crippen LogP contribution in [0, 0.1) is 0 Å². The summed E-state index contributed by atoms with van der Waals surface area (Å²) in [7, 11) is 0. The lowest BCUT2D eigenvalue weighted by Crippen LogP contribution is -2.15. The van der Waals surface area contributed by atoms with Gasteiger partial charge >= 0.3 is 0 Å². The van der Waals surface area contributed by atoms with E-state index >= 15 is 0 Å². The van der Waals surface area contributed by atoms with Gasteiger partial charge in [-0.3, -0.25) is 0 Å². The number of hydrogen-bond donors (Lipinski definition) is 0. The van der Waals surface area contributed by atoms with Crippen molar-refractivity contribution in [2.24, 2.45) is 0 Å². The van der Waals surface area contributed by atoms with Gasteiger partial charge in [-0.1, -0.05) is 98.8 Å². The molecule has 0 amide bonds. The number of anilines is 3. The molecule has 0 saturated carbocycles. The zero-order valence-electron chi connectivity index (χ0n) is 26.6. The minimum atomic E-state index is -0.0438. The number of oxazole rings is 1. The van der Waals surface area contributed by atoms with Gasteiger partial charge in [0, 0.05) is 53.6 Å². The molecule has 3 nitrogen and oxygen atoms in total. The van der Waals surface area contributed by atoms with E-state index in [9.17, 15) is 0 Å². The van der Waals surface area contributed by atoms with Gasteiger partial charge in [0.2, 0.25) is 5.89 Å². The van der Waals surface area contributed by atoms with Gasteiger partial charge in [-0.2, -0.15) is 0 Å². The van der Waals surface area contributed by atoms with E-state index in [-0.39, 0.29) is 5.41 Å². The second kappa shape index (κ2) is 10.1. The summed E-state index contributed by atoms with van der Waals surface area (Å²) < 4.78 is 8.98. The van der Waals surface area contributed by atoms with E-state index in [4.69, 9.17) is 9.40 Å². The number of aromatic nitrogens is 1. The molecule has 10 rings (SSSR count). The number of hydrogen-bond acceptors (Lipinski definition) is 4. The summed E-state index contributed by atoms with van der Waals surface area (Å²) in [5.74, 6) is 0.627. The van der Waals surface area contributed by atoms with Crippen LogP contribution in [0.2, 0.25) is 0 Å². The Labute approximate surface area is 282 Å². The van der Waals surface area contributed by atoms with Crippen molar-refractivity contribution in [2.75, 3.05) is 4.90 Å². The number of nitrogens with zero attached hydrogens (tertiary/aromatic N) is 2. The fourth-order valence-corrected chi connectivity index (χ4v) is 8.82. The van der Waals surface area contributed by atoms with Crippen molar-refractivity contribution >= 4 is 70.4 Å². The standard InChI is InChI=1S/C44H30N2OS/c1-44(2)37-13-7-5-11-33(37)36-25-30(21-23-38(36)44)46(31-20-22-35-34-12-6-8-14-40(34)48-41(35)26-31)29-18-15-28(16-19-29)43-45-39-24-17-27-9-3-4-10-32(27)42(39)47-43/h3-26H,1-2H3. The van der Waals surface area contributed by atoms with Crippen LogP contribution in [0.4, 0.5) is 17.1 Å². The number of fused-ring (bicyclic) bond motifs is 9. The lowest BCUT2D eigenvalue weighted by atomic mass is 9.82. The van der Waals surface area contributed by atoms with Crippen LogP contribution >= 0.6 is 11.3 Å². The van der Waals surface area contributed by atoms with Crippen LogP contribution in [-0.2, 0) is 5.41 Å². The molecule has 2 aromatic heterocycles. The lowest BCUT2D eigenvalue weighted by molar-refractivity contribution is 0.623. The first-order valence-electron chi connectivity index (χ1n) is 16.4. The highest BCUT2D eigenvalue weighted by Gasteiger charge is 2.35. The summed E-state index contributed by atoms with van der Waals surface area (Å²) in [5, 5.41) is 4.83. The Balaban J connectivity index is 1.12. The van der Waals surface area contributed by atoms with Gasteiger partial charge in [0.05, 0.1) is 0 Å². The Morgan fingerprint density at radius 1 is 0.562 bits per heavy atom. The molecule has 0 aliphatic heterocycles. The van der Waals surface area contributed by atoms with Gasteiger partial charge in [0.15, 0.2) is 5.58 Å². The molecule has 0 saturated heterocycles. The van der Waals surface area contributed by atoms with E-state index in [2.05, 4.69) is 152 Å². The highest BCUT2D eigenvalue weighted by Crippen LogP contribution is 2.51. The highest BCUT2D eigenvalue weighted by molar-refractivity contribution is 7.25. The maximum absolute atomic E-state index is 6.39. The average Bonchev–Trinajstić information content (AvgIpc) is 3.79. The molecule has 0 bridgehead atoms. The third-order valence-corrected chi connectivity index (χ3v) is 11.2. The molecule has 0 radical (unpaired) electrons. The van der Waals surface area contributed by atoms with Crippen molar-refractivity contribution in [1.29, 1.82) is 0 Å². The fraction of sp³-hybridized carbons (Fsp3) is 0.0682. The Morgan fingerprint density at radius 2 is 1.25 bits per heavy atom. The van der Waals surface area contributed by atoms with Gasteiger partial charge in [-0.15, -0.1) is 11.3 Å². The van der Waals surface area contributed by atoms with Gasteiger partial charge < -0.3 is 9.32 Å². The van der Waals surface area contributed by atoms with E-state index in [0.29, 0.717) is 5.89 Å². The minimum absolute atomic E-state index is 0.0438. The Kier molecular flexibility index (Phi) is 5.79. The van der Waals surface area contributed by atoms with Crippen LogP contribution < -0.4 is 4.90 Å². The highest BCUT2D eigenvalue weighted by atomic mass is 32.1. The summed E-state index contributed by atoms with van der Waals surface area (Å²) in [6.07, 6.45) is 0. The van der Waals surface area contributed by atoms with Crippen LogP contribution in [0.3, 0.4) is 0 Å². The molecule has 9 aromatic rings. The molecule has 48 heavy (non-hydrogen) atoms. The van der Waals surface area contributed by atoms with Crippen molar-refractivity contribution in [3.8, 4) is 22.6 Å². The van der Waals surface area contributed by atoms with Crippen LogP contribution in [-0.4, -0.2) is 4.98 Å². The molecule has 0 fully saturated rings. The Bertz CT molecular complexity index is 2710. The SMILES string of the molecule is CC1(C)c2ccccc2-c2cc(N(c3ccc(-c4nc5ccc6ccccc6c5o4)cc3)c3ccc4c(c3)sc3ccccc34)ccc21.